The van der Waals surface area contributed by atoms with Gasteiger partial charge in [-0.2, -0.15) is 5.26 Å². The molecule has 4 nitrogen and oxygen atoms in total. The second kappa shape index (κ2) is 6.90. The molecule has 1 aromatic rings. The number of anilines is 1. The summed E-state index contributed by atoms with van der Waals surface area (Å²) in [6, 6.07) is 5.07. The number of piperidine rings is 1. The quantitative estimate of drug-likeness (QED) is 0.780. The van der Waals surface area contributed by atoms with Gasteiger partial charge in [-0.3, -0.25) is 4.79 Å². The smallest absolute Gasteiger partial charge is 0.307 e. The van der Waals surface area contributed by atoms with E-state index < -0.39 is 5.82 Å². The molecule has 0 saturated carbocycles. The van der Waals surface area contributed by atoms with E-state index in [1.165, 1.54) is 7.11 Å². The number of ether oxygens (including phenoxy) is 1. The minimum atomic E-state index is -0.453. The van der Waals surface area contributed by atoms with Crippen LogP contribution in [0, 0.1) is 17.1 Å². The Hall–Kier alpha value is -1.61. The zero-order chi connectivity index (χ0) is 15.4. The predicted molar refractivity (Wildman–Crippen MR) is 80.4 cm³/mol. The van der Waals surface area contributed by atoms with Crippen LogP contribution in [0.4, 0.5) is 10.1 Å². The Morgan fingerprint density at radius 3 is 3.00 bits per heavy atom. The minimum Gasteiger partial charge on any atom is -0.469 e. The molecule has 0 radical (unpaired) electrons. The third-order valence-electron chi connectivity index (χ3n) is 3.75. The van der Waals surface area contributed by atoms with Crippen molar-refractivity contribution in [1.82, 2.24) is 0 Å². The van der Waals surface area contributed by atoms with Crippen molar-refractivity contribution in [2.75, 3.05) is 18.6 Å². The first kappa shape index (κ1) is 15.8. The molecule has 1 unspecified atom stereocenters. The Morgan fingerprint density at radius 1 is 1.57 bits per heavy atom. The Balaban J connectivity index is 2.32. The molecule has 0 bridgehead atoms. The summed E-state index contributed by atoms with van der Waals surface area (Å²) in [5.41, 5.74) is 0.687. The molecule has 1 aliphatic heterocycles. The lowest BCUT2D eigenvalue weighted by Gasteiger charge is -2.37. The average Bonchev–Trinajstić information content (AvgIpc) is 2.50. The van der Waals surface area contributed by atoms with Crippen LogP contribution in [0.5, 0.6) is 0 Å². The number of carbonyl (C=O) groups is 1. The van der Waals surface area contributed by atoms with E-state index in [0.29, 0.717) is 12.2 Å². The van der Waals surface area contributed by atoms with Gasteiger partial charge in [0.15, 0.2) is 5.82 Å². The summed E-state index contributed by atoms with van der Waals surface area (Å²) in [7, 11) is 1.36. The van der Waals surface area contributed by atoms with Crippen LogP contribution in [-0.4, -0.2) is 25.7 Å². The van der Waals surface area contributed by atoms with Crippen LogP contribution in [0.25, 0.3) is 0 Å². The summed E-state index contributed by atoms with van der Waals surface area (Å²) < 4.78 is 19.4. The van der Waals surface area contributed by atoms with Crippen molar-refractivity contribution < 1.29 is 13.9 Å². The van der Waals surface area contributed by atoms with Gasteiger partial charge >= 0.3 is 5.97 Å². The lowest BCUT2D eigenvalue weighted by molar-refractivity contribution is -0.141. The van der Waals surface area contributed by atoms with Crippen LogP contribution < -0.4 is 4.90 Å². The van der Waals surface area contributed by atoms with Crippen LogP contribution in [0.15, 0.2) is 16.6 Å². The van der Waals surface area contributed by atoms with E-state index in [-0.39, 0.29) is 28.5 Å². The Kier molecular flexibility index (Phi) is 5.18. The minimum absolute atomic E-state index is 0.0689. The number of esters is 1. The molecule has 1 heterocycles. The topological polar surface area (TPSA) is 53.3 Å². The van der Waals surface area contributed by atoms with Gasteiger partial charge in [0.05, 0.1) is 29.3 Å². The molecule has 1 atom stereocenters. The number of rotatable bonds is 3. The normalized spacial score (nSPS) is 18.2. The number of benzene rings is 1. The molecular formula is C15H16BrFN2O2. The molecular weight excluding hydrogens is 339 g/mol. The number of hydrogen-bond acceptors (Lipinski definition) is 4. The van der Waals surface area contributed by atoms with Gasteiger partial charge in [0, 0.05) is 12.6 Å². The fraction of sp³-hybridized carbons (Fsp3) is 0.467. The van der Waals surface area contributed by atoms with Crippen molar-refractivity contribution >= 4 is 27.6 Å². The zero-order valence-electron chi connectivity index (χ0n) is 11.7. The number of carbonyl (C=O) groups excluding carboxylic acids is 1. The molecule has 21 heavy (non-hydrogen) atoms. The van der Waals surface area contributed by atoms with E-state index in [0.717, 1.165) is 19.3 Å². The fourth-order valence-corrected chi connectivity index (χ4v) is 3.08. The maximum atomic E-state index is 14.5. The first-order valence-corrected chi connectivity index (χ1v) is 7.59. The number of halogens is 2. The monoisotopic (exact) mass is 354 g/mol. The van der Waals surface area contributed by atoms with Crippen LogP contribution in [-0.2, 0) is 9.53 Å². The van der Waals surface area contributed by atoms with E-state index in [4.69, 9.17) is 10.00 Å². The van der Waals surface area contributed by atoms with Crippen molar-refractivity contribution in [3.05, 3.63) is 28.0 Å². The van der Waals surface area contributed by atoms with Crippen molar-refractivity contribution in [3.63, 3.8) is 0 Å². The molecule has 112 valence electrons. The van der Waals surface area contributed by atoms with Crippen LogP contribution in [0.1, 0.15) is 31.2 Å². The van der Waals surface area contributed by atoms with Crippen molar-refractivity contribution in [1.29, 1.82) is 5.26 Å². The van der Waals surface area contributed by atoms with Crippen LogP contribution in [0.2, 0.25) is 0 Å². The standard InChI is InChI=1S/C15H16BrFN2O2/c1-21-13(20)8-11-4-2-3-7-19(11)12-6-5-10(9-18)14(16)15(12)17/h5-6,11H,2-4,7-8H2,1H3. The lowest BCUT2D eigenvalue weighted by Crippen LogP contribution is -2.41. The maximum Gasteiger partial charge on any atom is 0.307 e. The molecule has 0 aliphatic carbocycles. The molecule has 6 heteroatoms. The van der Waals surface area contributed by atoms with Gasteiger partial charge in [0.25, 0.3) is 0 Å². The molecule has 1 aliphatic rings. The highest BCUT2D eigenvalue weighted by Crippen LogP contribution is 2.33. The maximum absolute atomic E-state index is 14.5. The highest BCUT2D eigenvalue weighted by atomic mass is 79.9. The molecule has 0 aromatic heterocycles. The van der Waals surface area contributed by atoms with Crippen molar-refractivity contribution in [3.8, 4) is 6.07 Å². The first-order chi connectivity index (χ1) is 10.1. The zero-order valence-corrected chi connectivity index (χ0v) is 13.3. The lowest BCUT2D eigenvalue weighted by atomic mass is 9.98. The molecule has 0 amide bonds. The summed E-state index contributed by atoms with van der Waals surface area (Å²) >= 11 is 3.13. The van der Waals surface area contributed by atoms with Crippen LogP contribution >= 0.6 is 15.9 Å². The summed E-state index contributed by atoms with van der Waals surface area (Å²) in [4.78, 5) is 13.4. The van der Waals surface area contributed by atoms with E-state index >= 15 is 0 Å². The van der Waals surface area contributed by atoms with E-state index in [2.05, 4.69) is 15.9 Å². The first-order valence-electron chi connectivity index (χ1n) is 6.80. The average molecular weight is 355 g/mol. The SMILES string of the molecule is COC(=O)CC1CCCCN1c1ccc(C#N)c(Br)c1F. The van der Waals surface area contributed by atoms with Gasteiger partial charge in [-0.25, -0.2) is 4.39 Å². The predicted octanol–water partition coefficient (Wildman–Crippen LogP) is 3.38. The summed E-state index contributed by atoms with van der Waals surface area (Å²) in [5, 5.41) is 8.93. The summed E-state index contributed by atoms with van der Waals surface area (Å²) in [6.07, 6.45) is 3.03. The number of nitrogens with zero attached hydrogens (tertiary/aromatic N) is 2. The van der Waals surface area contributed by atoms with Gasteiger partial charge in [0.1, 0.15) is 6.07 Å². The van der Waals surface area contributed by atoms with Crippen molar-refractivity contribution in [2.45, 2.75) is 31.7 Å². The third-order valence-corrected chi connectivity index (χ3v) is 4.52. The fourth-order valence-electron chi connectivity index (χ4n) is 2.65. The summed E-state index contributed by atoms with van der Waals surface area (Å²) in [5.74, 6) is -0.745. The molecule has 1 fully saturated rings. The van der Waals surface area contributed by atoms with E-state index in [9.17, 15) is 9.18 Å². The summed E-state index contributed by atoms with van der Waals surface area (Å²) in [6.45, 7) is 0.691. The highest BCUT2D eigenvalue weighted by molar-refractivity contribution is 9.10. The highest BCUT2D eigenvalue weighted by Gasteiger charge is 2.28. The molecule has 1 saturated heterocycles. The Labute approximate surface area is 131 Å². The van der Waals surface area contributed by atoms with E-state index in [1.54, 1.807) is 12.1 Å². The number of hydrogen-bond donors (Lipinski definition) is 0. The second-order valence-electron chi connectivity index (χ2n) is 5.00. The van der Waals surface area contributed by atoms with Gasteiger partial charge in [-0.05, 0) is 47.3 Å². The van der Waals surface area contributed by atoms with Gasteiger partial charge in [-0.15, -0.1) is 0 Å². The third kappa shape index (κ3) is 3.35. The molecule has 2 rings (SSSR count). The van der Waals surface area contributed by atoms with Crippen molar-refractivity contribution in [2.24, 2.45) is 0 Å². The second-order valence-corrected chi connectivity index (χ2v) is 5.79. The largest absolute Gasteiger partial charge is 0.469 e. The van der Waals surface area contributed by atoms with Crippen LogP contribution in [0.3, 0.4) is 0 Å². The number of nitriles is 1. The van der Waals surface area contributed by atoms with E-state index in [1.807, 2.05) is 11.0 Å². The Morgan fingerprint density at radius 2 is 2.33 bits per heavy atom. The molecule has 1 aromatic carbocycles. The number of methoxy groups -OCH3 is 1. The molecule has 0 N–H and O–H groups in total. The van der Waals surface area contributed by atoms with Gasteiger partial charge in [0.2, 0.25) is 0 Å². The molecule has 0 spiro atoms. The van der Waals surface area contributed by atoms with Gasteiger partial charge in [-0.1, -0.05) is 0 Å². The van der Waals surface area contributed by atoms with Gasteiger partial charge < -0.3 is 9.64 Å². The Bertz CT molecular complexity index is 586.